The number of hydrogen-bond donors (Lipinski definition) is 3. The van der Waals surface area contributed by atoms with Crippen molar-refractivity contribution in [1.82, 2.24) is 10.2 Å². The van der Waals surface area contributed by atoms with Crippen molar-refractivity contribution >= 4 is 11.7 Å². The number of anilines is 1. The lowest BCUT2D eigenvalue weighted by molar-refractivity contribution is 0.102. The van der Waals surface area contributed by atoms with Gasteiger partial charge in [0.25, 0.3) is 5.91 Å². The maximum absolute atomic E-state index is 12.2. The Morgan fingerprint density at radius 1 is 1.35 bits per heavy atom. The fourth-order valence-electron chi connectivity index (χ4n) is 1.82. The van der Waals surface area contributed by atoms with Crippen LogP contribution in [-0.4, -0.2) is 21.2 Å². The maximum Gasteiger partial charge on any atom is 0.257 e. The zero-order valence-corrected chi connectivity index (χ0v) is 12.1. The number of aromatic amines is 1. The third-order valence-electron chi connectivity index (χ3n) is 3.18. The van der Waals surface area contributed by atoms with Gasteiger partial charge in [-0.15, -0.1) is 0 Å². The number of nitrogens with one attached hydrogen (secondary N) is 2. The topological polar surface area (TPSA) is 78.0 Å². The quantitative estimate of drug-likeness (QED) is 0.787. The smallest absolute Gasteiger partial charge is 0.257 e. The second-order valence-corrected chi connectivity index (χ2v) is 5.82. The summed E-state index contributed by atoms with van der Waals surface area (Å²) in [6, 6.07) is 6.68. The summed E-state index contributed by atoms with van der Waals surface area (Å²) < 4.78 is 0. The highest BCUT2D eigenvalue weighted by molar-refractivity contribution is 6.05. The van der Waals surface area contributed by atoms with Crippen LogP contribution in [0.25, 0.3) is 0 Å². The summed E-state index contributed by atoms with van der Waals surface area (Å²) in [5.41, 5.74) is 1.87. The lowest BCUT2D eigenvalue weighted by Gasteiger charge is -2.14. The van der Waals surface area contributed by atoms with E-state index >= 15 is 0 Å². The molecular weight excluding hydrogens is 254 g/mol. The summed E-state index contributed by atoms with van der Waals surface area (Å²) in [6.07, 6.45) is 0. The van der Waals surface area contributed by atoms with Gasteiger partial charge in [0.15, 0.2) is 5.82 Å². The average Bonchev–Trinajstić information content (AvgIpc) is 2.81. The molecule has 0 unspecified atom stereocenters. The normalized spacial score (nSPS) is 11.4. The number of benzene rings is 1. The number of amides is 1. The molecule has 1 aromatic heterocycles. The first-order chi connectivity index (χ1) is 9.29. The summed E-state index contributed by atoms with van der Waals surface area (Å²) in [7, 11) is 0. The zero-order chi connectivity index (χ0) is 14.9. The predicted octanol–water partition coefficient (Wildman–Crippen LogP) is 2.97. The van der Waals surface area contributed by atoms with Gasteiger partial charge in [0.05, 0.1) is 0 Å². The predicted molar refractivity (Wildman–Crippen MR) is 78.1 cm³/mol. The molecule has 1 amide bonds. The Balaban J connectivity index is 2.20. The number of phenolic OH excluding ortho intramolecular Hbond substituents is 1. The van der Waals surface area contributed by atoms with Gasteiger partial charge in [0.2, 0.25) is 0 Å². The molecule has 0 aliphatic carbocycles. The van der Waals surface area contributed by atoms with Crippen molar-refractivity contribution in [2.75, 3.05) is 5.32 Å². The van der Waals surface area contributed by atoms with E-state index in [1.165, 1.54) is 0 Å². The van der Waals surface area contributed by atoms with Crippen LogP contribution in [0.4, 0.5) is 5.82 Å². The van der Waals surface area contributed by atoms with E-state index < -0.39 is 0 Å². The van der Waals surface area contributed by atoms with Crippen molar-refractivity contribution in [2.24, 2.45) is 0 Å². The molecule has 3 N–H and O–H groups in total. The molecule has 1 aromatic carbocycles. The highest BCUT2D eigenvalue weighted by Crippen LogP contribution is 2.23. The van der Waals surface area contributed by atoms with Crippen LogP contribution in [0.1, 0.15) is 42.4 Å². The Labute approximate surface area is 118 Å². The van der Waals surface area contributed by atoms with Crippen LogP contribution in [-0.2, 0) is 5.41 Å². The van der Waals surface area contributed by atoms with Gasteiger partial charge in [0, 0.05) is 28.3 Å². The first-order valence-corrected chi connectivity index (χ1v) is 6.45. The Hall–Kier alpha value is -2.30. The van der Waals surface area contributed by atoms with Crippen LogP contribution in [0.15, 0.2) is 24.3 Å². The largest absolute Gasteiger partial charge is 0.508 e. The second kappa shape index (κ2) is 5.00. The van der Waals surface area contributed by atoms with Gasteiger partial charge in [0.1, 0.15) is 5.75 Å². The van der Waals surface area contributed by atoms with Crippen molar-refractivity contribution in [1.29, 1.82) is 0 Å². The Morgan fingerprint density at radius 2 is 2.05 bits per heavy atom. The molecule has 0 radical (unpaired) electrons. The number of aromatic hydroxyl groups is 1. The SMILES string of the molecule is Cc1c(O)cccc1C(=O)Nc1cc(C(C)(C)C)[nH]n1. The number of rotatable bonds is 2. The first-order valence-electron chi connectivity index (χ1n) is 6.45. The third kappa shape index (κ3) is 2.82. The number of phenols is 1. The van der Waals surface area contributed by atoms with E-state index in [0.717, 1.165) is 5.69 Å². The van der Waals surface area contributed by atoms with Crippen LogP contribution in [0.2, 0.25) is 0 Å². The molecule has 5 heteroatoms. The molecule has 2 aromatic rings. The average molecular weight is 273 g/mol. The van der Waals surface area contributed by atoms with E-state index in [4.69, 9.17) is 0 Å². The van der Waals surface area contributed by atoms with E-state index in [9.17, 15) is 9.90 Å². The van der Waals surface area contributed by atoms with Crippen molar-refractivity contribution in [3.63, 3.8) is 0 Å². The highest BCUT2D eigenvalue weighted by atomic mass is 16.3. The number of H-pyrrole nitrogens is 1. The minimum atomic E-state index is -0.287. The van der Waals surface area contributed by atoms with Gasteiger partial charge in [-0.2, -0.15) is 5.10 Å². The number of nitrogens with zero attached hydrogens (tertiary/aromatic N) is 1. The zero-order valence-electron chi connectivity index (χ0n) is 12.1. The van der Waals surface area contributed by atoms with E-state index in [1.54, 1.807) is 25.1 Å². The van der Waals surface area contributed by atoms with Crippen LogP contribution < -0.4 is 5.32 Å². The summed E-state index contributed by atoms with van der Waals surface area (Å²) in [5, 5.41) is 19.3. The molecular formula is C15H19N3O2. The third-order valence-corrected chi connectivity index (χ3v) is 3.18. The molecule has 20 heavy (non-hydrogen) atoms. The van der Waals surface area contributed by atoms with Gasteiger partial charge < -0.3 is 10.4 Å². The number of aromatic nitrogens is 2. The van der Waals surface area contributed by atoms with E-state index in [1.807, 2.05) is 6.07 Å². The molecule has 0 spiro atoms. The number of carbonyl (C=O) groups is 1. The van der Waals surface area contributed by atoms with Gasteiger partial charge in [-0.25, -0.2) is 0 Å². The molecule has 0 atom stereocenters. The standard InChI is InChI=1S/C15H19N3O2/c1-9-10(6-5-7-11(9)19)14(20)16-13-8-12(17-18-13)15(2,3)4/h5-8,19H,1-4H3,(H2,16,17,18,20). The molecule has 0 aliphatic heterocycles. The van der Waals surface area contributed by atoms with Gasteiger partial charge in [-0.05, 0) is 19.1 Å². The Morgan fingerprint density at radius 3 is 2.65 bits per heavy atom. The fourth-order valence-corrected chi connectivity index (χ4v) is 1.82. The lowest BCUT2D eigenvalue weighted by Crippen LogP contribution is -2.13. The van der Waals surface area contributed by atoms with Gasteiger partial charge >= 0.3 is 0 Å². The van der Waals surface area contributed by atoms with Crippen molar-refractivity contribution in [2.45, 2.75) is 33.1 Å². The maximum atomic E-state index is 12.2. The molecule has 5 nitrogen and oxygen atoms in total. The number of carbonyl (C=O) groups excluding carboxylic acids is 1. The molecule has 0 saturated heterocycles. The van der Waals surface area contributed by atoms with E-state index in [0.29, 0.717) is 16.9 Å². The van der Waals surface area contributed by atoms with Crippen LogP contribution in [0.3, 0.4) is 0 Å². The van der Waals surface area contributed by atoms with E-state index in [2.05, 4.69) is 36.3 Å². The van der Waals surface area contributed by atoms with Crippen molar-refractivity contribution < 1.29 is 9.90 Å². The molecule has 0 aliphatic rings. The number of hydrogen-bond acceptors (Lipinski definition) is 3. The van der Waals surface area contributed by atoms with Crippen molar-refractivity contribution in [3.05, 3.63) is 41.1 Å². The van der Waals surface area contributed by atoms with Crippen molar-refractivity contribution in [3.8, 4) is 5.75 Å². The molecule has 0 fully saturated rings. The van der Waals surface area contributed by atoms with Crippen LogP contribution >= 0.6 is 0 Å². The fraction of sp³-hybridized carbons (Fsp3) is 0.333. The monoisotopic (exact) mass is 273 g/mol. The van der Waals surface area contributed by atoms with Gasteiger partial charge in [-0.3, -0.25) is 9.89 Å². The first kappa shape index (κ1) is 14.1. The summed E-state index contributed by atoms with van der Waals surface area (Å²) >= 11 is 0. The van der Waals surface area contributed by atoms with E-state index in [-0.39, 0.29) is 17.1 Å². The minimum Gasteiger partial charge on any atom is -0.508 e. The molecule has 0 saturated carbocycles. The lowest BCUT2D eigenvalue weighted by atomic mass is 9.92. The molecule has 1 heterocycles. The Bertz CT molecular complexity index is 639. The summed E-state index contributed by atoms with van der Waals surface area (Å²) in [4.78, 5) is 12.2. The Kier molecular flexibility index (Phi) is 3.53. The van der Waals surface area contributed by atoms with Gasteiger partial charge in [-0.1, -0.05) is 26.8 Å². The van der Waals surface area contributed by atoms with Crippen LogP contribution in [0, 0.1) is 6.92 Å². The molecule has 106 valence electrons. The molecule has 0 bridgehead atoms. The minimum absolute atomic E-state index is 0.0586. The van der Waals surface area contributed by atoms with Crippen LogP contribution in [0.5, 0.6) is 5.75 Å². The highest BCUT2D eigenvalue weighted by Gasteiger charge is 2.18. The molecule has 2 rings (SSSR count). The second-order valence-electron chi connectivity index (χ2n) is 5.82. The summed E-state index contributed by atoms with van der Waals surface area (Å²) in [6.45, 7) is 7.89. The summed E-state index contributed by atoms with van der Waals surface area (Å²) in [5.74, 6) is 0.295.